The van der Waals surface area contributed by atoms with Gasteiger partial charge in [-0.1, -0.05) is 0 Å². The monoisotopic (exact) mass is 119 g/mol. The van der Waals surface area contributed by atoms with Gasteiger partial charge in [0.2, 0.25) is 0 Å². The molecule has 0 bridgehead atoms. The van der Waals surface area contributed by atoms with Crippen molar-refractivity contribution >= 4 is 41.5 Å². The van der Waals surface area contributed by atoms with E-state index in [1.807, 2.05) is 0 Å². The van der Waals surface area contributed by atoms with Crippen molar-refractivity contribution < 1.29 is 8.39 Å². The Kier molecular flexibility index (Phi) is 15.9. The van der Waals surface area contributed by atoms with E-state index in [9.17, 15) is 4.21 Å². The Labute approximate surface area is 62.2 Å². The van der Waals surface area contributed by atoms with Crippen molar-refractivity contribution in [1.82, 2.24) is 0 Å². The number of thiol groups is 1. The molecule has 0 atom stereocenters. The van der Waals surface area contributed by atoms with Gasteiger partial charge in [-0.2, -0.15) is 0 Å². The summed E-state index contributed by atoms with van der Waals surface area (Å²) in [4.78, 5) is 0. The van der Waals surface area contributed by atoms with Gasteiger partial charge < -0.3 is 5.73 Å². The van der Waals surface area contributed by atoms with Crippen LogP contribution in [0.4, 0.5) is 0 Å². The summed E-state index contributed by atoms with van der Waals surface area (Å²) < 4.78 is 13.2. The SMILES string of the molecule is NCO[SH]=O.[NaH]. The van der Waals surface area contributed by atoms with Crippen molar-refractivity contribution in [2.75, 3.05) is 6.73 Å². The van der Waals surface area contributed by atoms with Gasteiger partial charge in [0, 0.05) is 0 Å². The second kappa shape index (κ2) is 9.42. The van der Waals surface area contributed by atoms with Crippen LogP contribution in [0.2, 0.25) is 0 Å². The van der Waals surface area contributed by atoms with E-state index in [1.165, 1.54) is 0 Å². The first-order valence-corrected chi connectivity index (χ1v) is 1.79. The van der Waals surface area contributed by atoms with Gasteiger partial charge in [0.15, 0.2) is 0 Å². The minimum atomic E-state index is -0.345. The predicted molar refractivity (Wildman–Crippen MR) is 26.8 cm³/mol. The normalized spacial score (nSPS) is 6.83. The van der Waals surface area contributed by atoms with Crippen LogP contribution in [0.1, 0.15) is 0 Å². The molecule has 0 saturated heterocycles. The molecular weight excluding hydrogens is 113 g/mol. The van der Waals surface area contributed by atoms with E-state index >= 15 is 0 Å². The third-order valence-electron chi connectivity index (χ3n) is 0.127. The van der Waals surface area contributed by atoms with Crippen molar-refractivity contribution in [3.05, 3.63) is 0 Å². The molecule has 0 aliphatic rings. The molecule has 0 heterocycles. The van der Waals surface area contributed by atoms with Crippen LogP contribution in [-0.4, -0.2) is 40.5 Å². The van der Waals surface area contributed by atoms with Crippen molar-refractivity contribution in [3.8, 4) is 0 Å². The van der Waals surface area contributed by atoms with Crippen LogP contribution in [0.5, 0.6) is 0 Å². The Morgan fingerprint density at radius 1 is 1.83 bits per heavy atom. The van der Waals surface area contributed by atoms with Gasteiger partial charge >= 0.3 is 29.6 Å². The van der Waals surface area contributed by atoms with E-state index in [-0.39, 0.29) is 48.2 Å². The van der Waals surface area contributed by atoms with Crippen molar-refractivity contribution in [2.24, 2.45) is 5.73 Å². The predicted octanol–water partition coefficient (Wildman–Crippen LogP) is -1.87. The summed E-state index contributed by atoms with van der Waals surface area (Å²) in [5, 5.41) is 0. The number of rotatable bonds is 2. The molecule has 3 nitrogen and oxygen atoms in total. The quantitative estimate of drug-likeness (QED) is 0.254. The molecule has 0 rings (SSSR count). The molecule has 0 aliphatic heterocycles. The molecule has 0 aromatic rings. The molecule has 2 N–H and O–H groups in total. The first kappa shape index (κ1) is 10.1. The van der Waals surface area contributed by atoms with Crippen LogP contribution in [0.3, 0.4) is 0 Å². The zero-order valence-electron chi connectivity index (χ0n) is 2.55. The topological polar surface area (TPSA) is 52.3 Å². The molecule has 0 radical (unpaired) electrons. The molecule has 34 valence electrons. The van der Waals surface area contributed by atoms with E-state index in [0.717, 1.165) is 0 Å². The summed E-state index contributed by atoms with van der Waals surface area (Å²) >= 11 is -0.345. The summed E-state index contributed by atoms with van der Waals surface area (Å²) in [6.45, 7) is 0.0189. The maximum atomic E-state index is 9.20. The molecule has 0 spiro atoms. The summed E-state index contributed by atoms with van der Waals surface area (Å²) in [7, 11) is 0. The van der Waals surface area contributed by atoms with Gasteiger partial charge in [-0.15, -0.1) is 0 Å². The van der Waals surface area contributed by atoms with Crippen LogP contribution < -0.4 is 5.73 Å². The standard InChI is InChI=1S/CH5NO2S.Na.H/c2-1-4-5-3;;/h5H,1-2H2;;. The van der Waals surface area contributed by atoms with E-state index in [2.05, 4.69) is 4.18 Å². The number of hydrogen-bond donors (Lipinski definition) is 2. The Morgan fingerprint density at radius 3 is 2.33 bits per heavy atom. The van der Waals surface area contributed by atoms with Gasteiger partial charge in [-0.3, -0.25) is 4.18 Å². The van der Waals surface area contributed by atoms with Crippen LogP contribution in [0.25, 0.3) is 0 Å². The average Bonchev–Trinajstić information content (AvgIpc) is 1.41. The third-order valence-corrected chi connectivity index (χ3v) is 0.382. The van der Waals surface area contributed by atoms with E-state index in [0.29, 0.717) is 0 Å². The molecule has 0 unspecified atom stereocenters. The fourth-order valence-corrected chi connectivity index (χ4v) is 0.0913. The molecule has 5 heteroatoms. The fraction of sp³-hybridized carbons (Fsp3) is 1.00. The van der Waals surface area contributed by atoms with Crippen LogP contribution in [0, 0.1) is 0 Å². The van der Waals surface area contributed by atoms with Crippen LogP contribution >= 0.6 is 0 Å². The third kappa shape index (κ3) is 8.91. The first-order chi connectivity index (χ1) is 2.41. The Balaban J connectivity index is 0. The van der Waals surface area contributed by atoms with Crippen molar-refractivity contribution in [3.63, 3.8) is 0 Å². The zero-order chi connectivity index (χ0) is 4.12. The molecule has 0 saturated carbocycles. The second-order valence-corrected chi connectivity index (χ2v) is 0.778. The molecule has 0 aromatic heterocycles. The van der Waals surface area contributed by atoms with Gasteiger partial charge in [0.1, 0.15) is 18.7 Å². The van der Waals surface area contributed by atoms with Crippen molar-refractivity contribution in [1.29, 1.82) is 0 Å². The first-order valence-electron chi connectivity index (χ1n) is 1.06. The molecule has 6 heavy (non-hydrogen) atoms. The van der Waals surface area contributed by atoms with Gasteiger partial charge in [-0.05, 0) is 0 Å². The average molecular weight is 119 g/mol. The minimum absolute atomic E-state index is 0. The Bertz CT molecular complexity index is 34.7. The molecule has 0 amide bonds. The Hall–Kier alpha value is 1.07. The fourth-order valence-electron chi connectivity index (χ4n) is 0.0304. The van der Waals surface area contributed by atoms with E-state index in [1.54, 1.807) is 0 Å². The van der Waals surface area contributed by atoms with Gasteiger partial charge in [0.05, 0.1) is 0 Å². The summed E-state index contributed by atoms with van der Waals surface area (Å²) in [6, 6.07) is 0. The van der Waals surface area contributed by atoms with Gasteiger partial charge in [-0.25, -0.2) is 4.21 Å². The molecule has 0 aromatic carbocycles. The van der Waals surface area contributed by atoms with E-state index < -0.39 is 0 Å². The second-order valence-electron chi connectivity index (χ2n) is 0.370. The summed E-state index contributed by atoms with van der Waals surface area (Å²) in [5.74, 6) is 0. The number of nitrogens with two attached hydrogens (primary N) is 1. The summed E-state index contributed by atoms with van der Waals surface area (Å²) in [5.41, 5.74) is 4.71. The Morgan fingerprint density at radius 2 is 2.33 bits per heavy atom. The summed E-state index contributed by atoms with van der Waals surface area (Å²) in [6.07, 6.45) is 0. The zero-order valence-corrected chi connectivity index (χ0v) is 3.44. The van der Waals surface area contributed by atoms with Gasteiger partial charge in [0.25, 0.3) is 0 Å². The van der Waals surface area contributed by atoms with E-state index in [4.69, 9.17) is 5.73 Å². The molecule has 0 aliphatic carbocycles. The van der Waals surface area contributed by atoms with Crippen LogP contribution in [0.15, 0.2) is 0 Å². The van der Waals surface area contributed by atoms with Crippen molar-refractivity contribution in [2.45, 2.75) is 0 Å². The molecule has 0 fully saturated rings. The molecular formula is CH6NNaO2S. The van der Waals surface area contributed by atoms with Crippen LogP contribution in [-0.2, 0) is 16.1 Å². The maximum absolute atomic E-state index is 9.20. The number of hydrogen-bond acceptors (Lipinski definition) is 3.